The van der Waals surface area contributed by atoms with Crippen molar-refractivity contribution in [1.82, 2.24) is 9.88 Å². The quantitative estimate of drug-likeness (QED) is 0.924. The first-order valence-electron chi connectivity index (χ1n) is 5.69. The summed E-state index contributed by atoms with van der Waals surface area (Å²) in [5.74, 6) is 2.32. The van der Waals surface area contributed by atoms with Gasteiger partial charge in [0.25, 0.3) is 0 Å². The Hall–Kier alpha value is -1.52. The van der Waals surface area contributed by atoms with Gasteiger partial charge in [0, 0.05) is 6.54 Å². The summed E-state index contributed by atoms with van der Waals surface area (Å²) >= 11 is 6.08. The van der Waals surface area contributed by atoms with Crippen LogP contribution in [0.15, 0.2) is 28.7 Å². The minimum atomic E-state index is 0.483. The highest BCUT2D eigenvalue weighted by Gasteiger charge is 2.09. The Balaban J connectivity index is 2.02. The predicted octanol–water partition coefficient (Wildman–Crippen LogP) is 2.85. The van der Waals surface area contributed by atoms with E-state index in [1.54, 1.807) is 12.1 Å². The molecule has 0 aliphatic heterocycles. The van der Waals surface area contributed by atoms with Crippen molar-refractivity contribution in [3.05, 3.63) is 46.5 Å². The van der Waals surface area contributed by atoms with E-state index in [0.29, 0.717) is 23.9 Å². The molecule has 0 aromatic carbocycles. The molecule has 0 fully saturated rings. The van der Waals surface area contributed by atoms with E-state index >= 15 is 0 Å². The van der Waals surface area contributed by atoms with E-state index in [4.69, 9.17) is 21.8 Å². The van der Waals surface area contributed by atoms with E-state index in [2.05, 4.69) is 9.88 Å². The van der Waals surface area contributed by atoms with E-state index < -0.39 is 0 Å². The van der Waals surface area contributed by atoms with Crippen molar-refractivity contribution < 1.29 is 4.42 Å². The molecule has 5 heteroatoms. The molecule has 0 saturated carbocycles. The van der Waals surface area contributed by atoms with Gasteiger partial charge in [-0.25, -0.2) is 4.98 Å². The van der Waals surface area contributed by atoms with Gasteiger partial charge < -0.3 is 10.2 Å². The molecule has 2 N–H and O–H groups in total. The number of hydrogen-bond donors (Lipinski definition) is 1. The average Bonchev–Trinajstić information content (AvgIpc) is 2.69. The molecule has 0 amide bonds. The summed E-state index contributed by atoms with van der Waals surface area (Å²) in [5, 5.41) is 0.631. The minimum Gasteiger partial charge on any atom is -0.465 e. The Morgan fingerprint density at radius 3 is 2.72 bits per heavy atom. The summed E-state index contributed by atoms with van der Waals surface area (Å²) in [6, 6.07) is 7.39. The summed E-state index contributed by atoms with van der Waals surface area (Å²) < 4.78 is 5.53. The first-order valence-corrected chi connectivity index (χ1v) is 6.07. The van der Waals surface area contributed by atoms with Crippen molar-refractivity contribution in [3.8, 4) is 0 Å². The highest BCUT2D eigenvalue weighted by atomic mass is 35.5. The van der Waals surface area contributed by atoms with Gasteiger partial charge >= 0.3 is 0 Å². The van der Waals surface area contributed by atoms with Crippen molar-refractivity contribution in [3.63, 3.8) is 0 Å². The van der Waals surface area contributed by atoms with Crippen molar-refractivity contribution in [2.75, 3.05) is 12.8 Å². The summed E-state index contributed by atoms with van der Waals surface area (Å²) in [5.41, 5.74) is 6.43. The molecule has 4 nitrogen and oxygen atoms in total. The maximum atomic E-state index is 6.08. The van der Waals surface area contributed by atoms with Gasteiger partial charge in [0.1, 0.15) is 17.3 Å². The van der Waals surface area contributed by atoms with Gasteiger partial charge in [-0.3, -0.25) is 4.90 Å². The molecule has 96 valence electrons. The fourth-order valence-corrected chi connectivity index (χ4v) is 1.92. The molecule has 0 spiro atoms. The zero-order valence-corrected chi connectivity index (χ0v) is 11.2. The van der Waals surface area contributed by atoms with E-state index in [-0.39, 0.29) is 0 Å². The van der Waals surface area contributed by atoms with E-state index in [9.17, 15) is 0 Å². The average molecular weight is 266 g/mol. The Labute approximate surface area is 111 Å². The molecule has 2 aromatic rings. The monoisotopic (exact) mass is 265 g/mol. The molecule has 0 aliphatic rings. The van der Waals surface area contributed by atoms with E-state index in [0.717, 1.165) is 17.2 Å². The zero-order chi connectivity index (χ0) is 13.1. The van der Waals surface area contributed by atoms with Crippen molar-refractivity contribution in [1.29, 1.82) is 0 Å². The highest BCUT2D eigenvalue weighted by molar-refractivity contribution is 6.31. The molecular formula is C13H16ClN3O. The number of halogens is 1. The van der Waals surface area contributed by atoms with Crippen LogP contribution in [0.1, 0.15) is 17.2 Å². The number of hydrogen-bond acceptors (Lipinski definition) is 4. The minimum absolute atomic E-state index is 0.483. The third-order valence-corrected chi connectivity index (χ3v) is 2.93. The molecule has 0 atom stereocenters. The Bertz CT molecular complexity index is 539. The molecule has 18 heavy (non-hydrogen) atoms. The number of pyridine rings is 1. The number of nitrogen functional groups attached to an aromatic ring is 1. The van der Waals surface area contributed by atoms with Crippen LogP contribution in [0.3, 0.4) is 0 Å². The molecule has 0 aliphatic carbocycles. The van der Waals surface area contributed by atoms with Gasteiger partial charge in [-0.2, -0.15) is 0 Å². The first-order chi connectivity index (χ1) is 8.54. The largest absolute Gasteiger partial charge is 0.465 e. The van der Waals surface area contributed by atoms with Crippen LogP contribution < -0.4 is 5.73 Å². The van der Waals surface area contributed by atoms with Crippen LogP contribution in [0, 0.1) is 6.92 Å². The second-order valence-electron chi connectivity index (χ2n) is 4.35. The van der Waals surface area contributed by atoms with Crippen molar-refractivity contribution in [2.45, 2.75) is 20.0 Å². The van der Waals surface area contributed by atoms with Crippen molar-refractivity contribution >= 4 is 17.4 Å². The Morgan fingerprint density at radius 2 is 2.06 bits per heavy atom. The lowest BCUT2D eigenvalue weighted by Gasteiger charge is -2.15. The summed E-state index contributed by atoms with van der Waals surface area (Å²) in [6.45, 7) is 3.27. The molecule has 0 saturated heterocycles. The lowest BCUT2D eigenvalue weighted by atomic mass is 10.3. The Kier molecular flexibility index (Phi) is 3.89. The lowest BCUT2D eigenvalue weighted by molar-refractivity contribution is 0.282. The number of nitrogens with two attached hydrogens (primary N) is 1. The standard InChI is InChI=1S/C13H16ClN3O/c1-9-3-4-10(18-9)7-17(2)8-12-11(14)5-6-13(15)16-12/h3-6H,7-8H2,1-2H3,(H2,15,16). The smallest absolute Gasteiger partial charge is 0.123 e. The zero-order valence-electron chi connectivity index (χ0n) is 10.5. The van der Waals surface area contributed by atoms with Crippen LogP contribution in [-0.4, -0.2) is 16.9 Å². The van der Waals surface area contributed by atoms with E-state index in [1.165, 1.54) is 0 Å². The molecular weight excluding hydrogens is 250 g/mol. The van der Waals surface area contributed by atoms with Crippen LogP contribution in [0.5, 0.6) is 0 Å². The van der Waals surface area contributed by atoms with Gasteiger partial charge in [0.2, 0.25) is 0 Å². The first kappa shape index (κ1) is 12.9. The maximum Gasteiger partial charge on any atom is 0.123 e. The summed E-state index contributed by atoms with van der Waals surface area (Å²) in [7, 11) is 1.99. The van der Waals surface area contributed by atoms with Crippen LogP contribution >= 0.6 is 11.6 Å². The molecule has 0 unspecified atom stereocenters. The van der Waals surface area contributed by atoms with Crippen LogP contribution in [0.2, 0.25) is 5.02 Å². The molecule has 0 radical (unpaired) electrons. The fourth-order valence-electron chi connectivity index (χ4n) is 1.76. The van der Waals surface area contributed by atoms with Crippen molar-refractivity contribution in [2.24, 2.45) is 0 Å². The number of nitrogens with zero attached hydrogens (tertiary/aromatic N) is 2. The Morgan fingerprint density at radius 1 is 1.28 bits per heavy atom. The number of aryl methyl sites for hydroxylation is 1. The number of furan rings is 1. The van der Waals surface area contributed by atoms with Crippen LogP contribution in [-0.2, 0) is 13.1 Å². The normalized spacial score (nSPS) is 11.1. The number of anilines is 1. The summed E-state index contributed by atoms with van der Waals surface area (Å²) in [4.78, 5) is 6.31. The molecule has 2 rings (SSSR count). The van der Waals surface area contributed by atoms with Gasteiger partial charge in [-0.05, 0) is 38.2 Å². The second-order valence-corrected chi connectivity index (χ2v) is 4.76. The summed E-state index contributed by atoms with van der Waals surface area (Å²) in [6.07, 6.45) is 0. The second kappa shape index (κ2) is 5.42. The number of rotatable bonds is 4. The van der Waals surface area contributed by atoms with Gasteiger partial charge in [0.15, 0.2) is 0 Å². The molecule has 2 aromatic heterocycles. The molecule has 0 bridgehead atoms. The maximum absolute atomic E-state index is 6.08. The topological polar surface area (TPSA) is 55.3 Å². The van der Waals surface area contributed by atoms with Gasteiger partial charge in [0.05, 0.1) is 17.3 Å². The molecule has 2 heterocycles. The number of aromatic nitrogens is 1. The van der Waals surface area contributed by atoms with E-state index in [1.807, 2.05) is 26.1 Å². The van der Waals surface area contributed by atoms with Gasteiger partial charge in [-0.1, -0.05) is 11.6 Å². The van der Waals surface area contributed by atoms with Gasteiger partial charge in [-0.15, -0.1) is 0 Å². The third kappa shape index (κ3) is 3.24. The fraction of sp³-hybridized carbons (Fsp3) is 0.308. The lowest BCUT2D eigenvalue weighted by Crippen LogP contribution is -2.18. The predicted molar refractivity (Wildman–Crippen MR) is 72.3 cm³/mol. The highest BCUT2D eigenvalue weighted by Crippen LogP contribution is 2.18. The van der Waals surface area contributed by atoms with Crippen LogP contribution in [0.25, 0.3) is 0 Å². The SMILES string of the molecule is Cc1ccc(CN(C)Cc2nc(N)ccc2Cl)o1. The van der Waals surface area contributed by atoms with Crippen LogP contribution in [0.4, 0.5) is 5.82 Å². The third-order valence-electron chi connectivity index (χ3n) is 2.58.